The molecular formula is C19H21ClN2O7S. The number of rotatable bonds is 9. The molecule has 0 radical (unpaired) electrons. The number of ether oxygens (including phenoxy) is 2. The van der Waals surface area contributed by atoms with Crippen molar-refractivity contribution in [3.8, 4) is 5.75 Å². The Labute approximate surface area is 179 Å². The lowest BCUT2D eigenvalue weighted by molar-refractivity contribution is -0.384. The number of nitrogens with zero attached hydrogens (tertiary/aromatic N) is 1. The van der Waals surface area contributed by atoms with Crippen molar-refractivity contribution in [3.63, 3.8) is 0 Å². The van der Waals surface area contributed by atoms with Gasteiger partial charge in [0.25, 0.3) is 5.69 Å². The van der Waals surface area contributed by atoms with Crippen LogP contribution in [0.2, 0.25) is 5.02 Å². The number of halogens is 1. The zero-order valence-electron chi connectivity index (χ0n) is 16.5. The summed E-state index contributed by atoms with van der Waals surface area (Å²) in [5.41, 5.74) is 0.615. The summed E-state index contributed by atoms with van der Waals surface area (Å²) in [6.45, 7) is 3.42. The second-order valence-electron chi connectivity index (χ2n) is 6.29. The second-order valence-corrected chi connectivity index (χ2v) is 8.38. The van der Waals surface area contributed by atoms with Crippen LogP contribution in [0.25, 0.3) is 0 Å². The first-order valence-electron chi connectivity index (χ1n) is 8.85. The van der Waals surface area contributed by atoms with E-state index in [0.29, 0.717) is 5.56 Å². The van der Waals surface area contributed by atoms with Crippen LogP contribution < -0.4 is 9.46 Å². The van der Waals surface area contributed by atoms with Gasteiger partial charge in [-0.25, -0.2) is 13.1 Å². The van der Waals surface area contributed by atoms with Crippen LogP contribution in [0.15, 0.2) is 41.3 Å². The first-order valence-corrected chi connectivity index (χ1v) is 10.7. The van der Waals surface area contributed by atoms with Gasteiger partial charge in [-0.2, -0.15) is 0 Å². The van der Waals surface area contributed by atoms with E-state index in [4.69, 9.17) is 21.1 Å². The highest BCUT2D eigenvalue weighted by atomic mass is 35.5. The molecule has 30 heavy (non-hydrogen) atoms. The van der Waals surface area contributed by atoms with Gasteiger partial charge in [0, 0.05) is 17.2 Å². The van der Waals surface area contributed by atoms with E-state index in [9.17, 15) is 23.3 Å². The Morgan fingerprint density at radius 1 is 1.30 bits per heavy atom. The van der Waals surface area contributed by atoms with Gasteiger partial charge in [0.05, 0.1) is 31.1 Å². The Balaban J connectivity index is 2.49. The summed E-state index contributed by atoms with van der Waals surface area (Å²) in [6.07, 6.45) is -0.365. The van der Waals surface area contributed by atoms with E-state index in [1.165, 1.54) is 43.5 Å². The number of nitrogens with one attached hydrogen (secondary N) is 1. The number of esters is 1. The third-order valence-corrected chi connectivity index (χ3v) is 6.09. The summed E-state index contributed by atoms with van der Waals surface area (Å²) < 4.78 is 38.7. The number of hydrogen-bond acceptors (Lipinski definition) is 7. The van der Waals surface area contributed by atoms with Crippen LogP contribution in [0.5, 0.6) is 5.75 Å². The highest BCUT2D eigenvalue weighted by Gasteiger charge is 2.28. The minimum atomic E-state index is -4.22. The van der Waals surface area contributed by atoms with Crippen LogP contribution in [0.1, 0.15) is 30.5 Å². The monoisotopic (exact) mass is 456 g/mol. The lowest BCUT2D eigenvalue weighted by Crippen LogP contribution is -2.31. The number of benzene rings is 2. The fourth-order valence-electron chi connectivity index (χ4n) is 2.73. The minimum Gasteiger partial charge on any atom is -0.495 e. The van der Waals surface area contributed by atoms with Gasteiger partial charge < -0.3 is 9.47 Å². The number of sulfonamides is 1. The second kappa shape index (κ2) is 9.88. The van der Waals surface area contributed by atoms with Gasteiger partial charge >= 0.3 is 5.97 Å². The quantitative estimate of drug-likeness (QED) is 0.347. The topological polar surface area (TPSA) is 125 Å². The first kappa shape index (κ1) is 23.6. The Kier molecular flexibility index (Phi) is 7.77. The Morgan fingerprint density at radius 2 is 2.00 bits per heavy atom. The van der Waals surface area contributed by atoms with E-state index in [1.54, 1.807) is 13.8 Å². The molecule has 0 fully saturated rings. The zero-order chi connectivity index (χ0) is 22.5. The molecule has 0 heterocycles. The van der Waals surface area contributed by atoms with Crippen LogP contribution >= 0.6 is 11.6 Å². The number of hydrogen-bond donors (Lipinski definition) is 1. The number of non-ortho nitro benzene ring substituents is 1. The highest BCUT2D eigenvalue weighted by molar-refractivity contribution is 7.89. The van der Waals surface area contributed by atoms with Gasteiger partial charge in [-0.05, 0) is 37.1 Å². The van der Waals surface area contributed by atoms with Crippen molar-refractivity contribution in [2.24, 2.45) is 0 Å². The summed E-state index contributed by atoms with van der Waals surface area (Å²) >= 11 is 6.09. The SMILES string of the molecule is CCOC(=O)C[C@@H](NS(=O)(=O)c1cc(Cl)c(C)cc1OC)c1cccc([N+](=O)[O-])c1. The van der Waals surface area contributed by atoms with Crippen molar-refractivity contribution < 1.29 is 27.6 Å². The molecule has 1 N–H and O–H groups in total. The smallest absolute Gasteiger partial charge is 0.307 e. The molecule has 1 atom stereocenters. The van der Waals surface area contributed by atoms with E-state index < -0.39 is 27.0 Å². The fourth-order valence-corrected chi connectivity index (χ4v) is 4.36. The molecule has 0 bridgehead atoms. The van der Waals surface area contributed by atoms with E-state index in [-0.39, 0.29) is 39.9 Å². The fraction of sp³-hybridized carbons (Fsp3) is 0.316. The molecule has 9 nitrogen and oxygen atoms in total. The Bertz CT molecular complexity index is 1060. The molecule has 2 rings (SSSR count). The van der Waals surface area contributed by atoms with E-state index in [1.807, 2.05) is 0 Å². The summed E-state index contributed by atoms with van der Waals surface area (Å²) in [6, 6.07) is 6.96. The Morgan fingerprint density at radius 3 is 2.60 bits per heavy atom. The summed E-state index contributed by atoms with van der Waals surface area (Å²) in [7, 11) is -2.90. The lowest BCUT2D eigenvalue weighted by atomic mass is 10.0. The summed E-state index contributed by atoms with van der Waals surface area (Å²) in [4.78, 5) is 22.3. The molecular weight excluding hydrogens is 436 g/mol. The molecule has 0 spiro atoms. The third-order valence-electron chi connectivity index (χ3n) is 4.19. The molecule has 0 aliphatic carbocycles. The molecule has 11 heteroatoms. The zero-order valence-corrected chi connectivity index (χ0v) is 18.1. The molecule has 0 aliphatic heterocycles. The normalized spacial score (nSPS) is 12.3. The van der Waals surface area contributed by atoms with Crippen LogP contribution in [0.3, 0.4) is 0 Å². The Hall–Kier alpha value is -2.69. The number of carbonyl (C=O) groups is 1. The predicted molar refractivity (Wildman–Crippen MR) is 110 cm³/mol. The molecule has 0 aromatic heterocycles. The third kappa shape index (κ3) is 5.68. The number of nitro groups is 1. The molecule has 0 unspecified atom stereocenters. The molecule has 162 valence electrons. The summed E-state index contributed by atoms with van der Waals surface area (Å²) in [5.74, 6) is -0.594. The van der Waals surface area contributed by atoms with Gasteiger partial charge in [-0.3, -0.25) is 14.9 Å². The van der Waals surface area contributed by atoms with Crippen molar-refractivity contribution >= 4 is 33.3 Å². The standard InChI is InChI=1S/C19H21ClN2O7S/c1-4-29-19(23)11-16(13-6-5-7-14(9-13)22(24)25)21-30(26,27)18-10-15(20)12(2)8-17(18)28-3/h5-10,16,21H,4,11H2,1-3H3/t16-/m1/s1. The highest BCUT2D eigenvalue weighted by Crippen LogP contribution is 2.32. The molecule has 2 aromatic rings. The molecule has 0 saturated heterocycles. The van der Waals surface area contributed by atoms with Gasteiger partial charge in [0.1, 0.15) is 10.6 Å². The van der Waals surface area contributed by atoms with Crippen molar-refractivity contribution in [1.29, 1.82) is 0 Å². The number of carbonyl (C=O) groups excluding carboxylic acids is 1. The van der Waals surface area contributed by atoms with Crippen molar-refractivity contribution in [2.75, 3.05) is 13.7 Å². The van der Waals surface area contributed by atoms with Crippen molar-refractivity contribution in [3.05, 3.63) is 62.7 Å². The first-order chi connectivity index (χ1) is 14.1. The van der Waals surface area contributed by atoms with Gasteiger partial charge in [-0.15, -0.1) is 0 Å². The molecule has 2 aromatic carbocycles. The minimum absolute atomic E-state index is 0.0679. The molecule has 0 aliphatic rings. The number of methoxy groups -OCH3 is 1. The van der Waals surface area contributed by atoms with Crippen LogP contribution in [0.4, 0.5) is 5.69 Å². The van der Waals surface area contributed by atoms with Crippen LogP contribution in [-0.4, -0.2) is 33.0 Å². The largest absolute Gasteiger partial charge is 0.495 e. The van der Waals surface area contributed by atoms with Crippen LogP contribution in [0, 0.1) is 17.0 Å². The van der Waals surface area contributed by atoms with E-state index in [0.717, 1.165) is 0 Å². The maximum atomic E-state index is 13.1. The number of aryl methyl sites for hydroxylation is 1. The predicted octanol–water partition coefficient (Wildman–Crippen LogP) is 3.54. The van der Waals surface area contributed by atoms with E-state index >= 15 is 0 Å². The maximum Gasteiger partial charge on any atom is 0.307 e. The molecule has 0 saturated carbocycles. The van der Waals surface area contributed by atoms with Crippen molar-refractivity contribution in [1.82, 2.24) is 4.72 Å². The lowest BCUT2D eigenvalue weighted by Gasteiger charge is -2.20. The average Bonchev–Trinajstić information content (AvgIpc) is 2.69. The van der Waals surface area contributed by atoms with Gasteiger partial charge in [0.2, 0.25) is 10.0 Å². The van der Waals surface area contributed by atoms with Crippen LogP contribution in [-0.2, 0) is 19.6 Å². The maximum absolute atomic E-state index is 13.1. The van der Waals surface area contributed by atoms with Gasteiger partial charge in [0.15, 0.2) is 0 Å². The van der Waals surface area contributed by atoms with Gasteiger partial charge in [-0.1, -0.05) is 23.7 Å². The summed E-state index contributed by atoms with van der Waals surface area (Å²) in [5, 5.41) is 11.3. The average molecular weight is 457 g/mol. The van der Waals surface area contributed by atoms with Crippen molar-refractivity contribution in [2.45, 2.75) is 31.2 Å². The van der Waals surface area contributed by atoms with E-state index in [2.05, 4.69) is 4.72 Å². The molecule has 0 amide bonds. The number of nitro benzene ring substituents is 1.